The summed E-state index contributed by atoms with van der Waals surface area (Å²) in [6.45, 7) is 2.11. The Morgan fingerprint density at radius 3 is 2.43 bits per heavy atom. The molecule has 0 spiro atoms. The fraction of sp³-hybridized carbons (Fsp3) is 0.125. The molecule has 0 unspecified atom stereocenters. The Balaban J connectivity index is 1.68. The van der Waals surface area contributed by atoms with E-state index in [1.807, 2.05) is 42.5 Å². The Morgan fingerprint density at radius 2 is 1.73 bits per heavy atom. The average Bonchev–Trinajstić information content (AvgIpc) is 3.19. The summed E-state index contributed by atoms with van der Waals surface area (Å²) in [5, 5.41) is 7.66. The Bertz CT molecular complexity index is 1150. The lowest BCUT2D eigenvalue weighted by molar-refractivity contribution is -0.115. The molecule has 1 N–H and O–H groups in total. The molecule has 0 bridgehead atoms. The van der Waals surface area contributed by atoms with Crippen LogP contribution in [0.3, 0.4) is 0 Å². The smallest absolute Gasteiger partial charge is 0.239 e. The van der Waals surface area contributed by atoms with Crippen molar-refractivity contribution < 1.29 is 9.32 Å². The number of hydrogen-bond acceptors (Lipinski definition) is 4. The fourth-order valence-electron chi connectivity index (χ4n) is 3.24. The maximum Gasteiger partial charge on any atom is 0.239 e. The number of benzene rings is 2. The van der Waals surface area contributed by atoms with Crippen LogP contribution >= 0.6 is 11.6 Å². The molecule has 0 fully saturated rings. The molecule has 4 aromatic rings. The lowest BCUT2D eigenvalue weighted by atomic mass is 10.0. The van der Waals surface area contributed by atoms with Gasteiger partial charge < -0.3 is 4.52 Å². The van der Waals surface area contributed by atoms with Crippen molar-refractivity contribution in [2.45, 2.75) is 19.8 Å². The zero-order valence-electron chi connectivity index (χ0n) is 16.4. The molecule has 150 valence electrons. The highest BCUT2D eigenvalue weighted by molar-refractivity contribution is 6.31. The first-order valence-corrected chi connectivity index (χ1v) is 10.1. The number of carbonyl (C=O) groups excluding carboxylic acids is 1. The second-order valence-corrected chi connectivity index (χ2v) is 7.25. The second-order valence-electron chi connectivity index (χ2n) is 6.84. The molecule has 0 saturated carbocycles. The van der Waals surface area contributed by atoms with Crippen molar-refractivity contribution in [2.75, 3.05) is 5.32 Å². The first kappa shape index (κ1) is 19.9. The molecule has 2 aromatic heterocycles. The molecule has 2 aromatic carbocycles. The minimum Gasteiger partial charge on any atom is -0.337 e. The minimum atomic E-state index is -0.234. The van der Waals surface area contributed by atoms with Crippen molar-refractivity contribution in [1.29, 1.82) is 0 Å². The van der Waals surface area contributed by atoms with Crippen molar-refractivity contribution in [2.24, 2.45) is 0 Å². The molecule has 6 heteroatoms. The van der Waals surface area contributed by atoms with Crippen LogP contribution in [0.1, 0.15) is 18.1 Å². The standard InChI is InChI=1S/C24H20ClN3O2/c1-2-16-7-9-18(10-8-16)23-22(17-11-13-26-14-12-17)24(30-28-23)27-21(29)15-19-5-3-4-6-20(19)25/h3-14H,2,15H2,1H3,(H,27,29). The molecule has 0 saturated heterocycles. The third-order valence-electron chi connectivity index (χ3n) is 4.86. The predicted octanol–water partition coefficient (Wildman–Crippen LogP) is 5.80. The minimum absolute atomic E-state index is 0.136. The van der Waals surface area contributed by atoms with Gasteiger partial charge in [0.05, 0.1) is 12.0 Å². The topological polar surface area (TPSA) is 68.0 Å². The highest BCUT2D eigenvalue weighted by Crippen LogP contribution is 2.37. The van der Waals surface area contributed by atoms with Crippen LogP contribution in [0.4, 0.5) is 5.88 Å². The van der Waals surface area contributed by atoms with E-state index in [0.29, 0.717) is 22.2 Å². The summed E-state index contributed by atoms with van der Waals surface area (Å²) < 4.78 is 5.56. The number of nitrogens with zero attached hydrogens (tertiary/aromatic N) is 2. The Morgan fingerprint density at radius 1 is 1.00 bits per heavy atom. The van der Waals surface area contributed by atoms with Gasteiger partial charge in [0.1, 0.15) is 5.69 Å². The molecule has 4 rings (SSSR count). The highest BCUT2D eigenvalue weighted by atomic mass is 35.5. The fourth-order valence-corrected chi connectivity index (χ4v) is 3.45. The van der Waals surface area contributed by atoms with Crippen molar-refractivity contribution in [3.8, 4) is 22.4 Å². The molecule has 0 atom stereocenters. The number of rotatable bonds is 6. The quantitative estimate of drug-likeness (QED) is 0.430. The van der Waals surface area contributed by atoms with E-state index in [1.165, 1.54) is 5.56 Å². The molecular formula is C24H20ClN3O2. The van der Waals surface area contributed by atoms with Crippen LogP contribution in [0.5, 0.6) is 0 Å². The van der Waals surface area contributed by atoms with E-state index in [4.69, 9.17) is 16.1 Å². The summed E-state index contributed by atoms with van der Waals surface area (Å²) in [4.78, 5) is 16.8. The lowest BCUT2D eigenvalue weighted by Crippen LogP contribution is -2.14. The van der Waals surface area contributed by atoms with E-state index >= 15 is 0 Å². The van der Waals surface area contributed by atoms with Crippen LogP contribution in [0.25, 0.3) is 22.4 Å². The zero-order chi connectivity index (χ0) is 20.9. The Kier molecular flexibility index (Phi) is 5.91. The van der Waals surface area contributed by atoms with E-state index in [0.717, 1.165) is 23.1 Å². The molecule has 2 heterocycles. The summed E-state index contributed by atoms with van der Waals surface area (Å²) in [5.41, 5.74) is 5.13. The number of carbonyl (C=O) groups is 1. The number of halogens is 1. The van der Waals surface area contributed by atoms with E-state index in [2.05, 4.69) is 34.5 Å². The highest BCUT2D eigenvalue weighted by Gasteiger charge is 2.21. The van der Waals surface area contributed by atoms with E-state index in [1.54, 1.807) is 18.5 Å². The van der Waals surface area contributed by atoms with Gasteiger partial charge in [-0.15, -0.1) is 0 Å². The van der Waals surface area contributed by atoms with Crippen LogP contribution in [-0.4, -0.2) is 16.0 Å². The monoisotopic (exact) mass is 417 g/mol. The van der Waals surface area contributed by atoms with Gasteiger partial charge >= 0.3 is 0 Å². The summed E-state index contributed by atoms with van der Waals surface area (Å²) in [5.74, 6) is 0.0651. The third-order valence-corrected chi connectivity index (χ3v) is 5.23. The summed E-state index contributed by atoms with van der Waals surface area (Å²) in [7, 11) is 0. The summed E-state index contributed by atoms with van der Waals surface area (Å²) in [6, 6.07) is 19.1. The Hall–Kier alpha value is -3.44. The maximum atomic E-state index is 12.7. The SMILES string of the molecule is CCc1ccc(-c2noc(NC(=O)Cc3ccccc3Cl)c2-c2ccncc2)cc1. The van der Waals surface area contributed by atoms with Gasteiger partial charge in [-0.1, -0.05) is 66.1 Å². The van der Waals surface area contributed by atoms with Gasteiger partial charge in [-0.25, -0.2) is 0 Å². The van der Waals surface area contributed by atoms with E-state index in [-0.39, 0.29) is 12.3 Å². The predicted molar refractivity (Wildman–Crippen MR) is 118 cm³/mol. The molecule has 5 nitrogen and oxygen atoms in total. The molecule has 0 aliphatic carbocycles. The van der Waals surface area contributed by atoms with Gasteiger partial charge in [0.15, 0.2) is 0 Å². The number of amides is 1. The van der Waals surface area contributed by atoms with Gasteiger partial charge in [0.25, 0.3) is 0 Å². The largest absolute Gasteiger partial charge is 0.337 e. The van der Waals surface area contributed by atoms with Crippen molar-refractivity contribution in [3.63, 3.8) is 0 Å². The number of nitrogens with one attached hydrogen (secondary N) is 1. The van der Waals surface area contributed by atoms with Crippen LogP contribution in [-0.2, 0) is 17.6 Å². The average molecular weight is 418 g/mol. The first-order chi connectivity index (χ1) is 14.7. The lowest BCUT2D eigenvalue weighted by Gasteiger charge is -2.07. The molecule has 0 radical (unpaired) electrons. The zero-order valence-corrected chi connectivity index (χ0v) is 17.2. The van der Waals surface area contributed by atoms with Gasteiger partial charge in [0, 0.05) is 23.0 Å². The van der Waals surface area contributed by atoms with Gasteiger partial charge in [0.2, 0.25) is 11.8 Å². The second kappa shape index (κ2) is 8.93. The van der Waals surface area contributed by atoms with Gasteiger partial charge in [-0.2, -0.15) is 0 Å². The van der Waals surface area contributed by atoms with E-state index < -0.39 is 0 Å². The van der Waals surface area contributed by atoms with Crippen LogP contribution in [0.15, 0.2) is 77.6 Å². The van der Waals surface area contributed by atoms with Crippen LogP contribution in [0.2, 0.25) is 5.02 Å². The molecule has 0 aliphatic rings. The maximum absolute atomic E-state index is 12.7. The van der Waals surface area contributed by atoms with Crippen molar-refractivity contribution in [3.05, 3.63) is 89.2 Å². The molecule has 30 heavy (non-hydrogen) atoms. The normalized spacial score (nSPS) is 10.7. The molecule has 1 amide bonds. The summed E-state index contributed by atoms with van der Waals surface area (Å²) in [6.07, 6.45) is 4.49. The Labute approximate surface area is 179 Å². The number of anilines is 1. The first-order valence-electron chi connectivity index (χ1n) is 9.68. The van der Waals surface area contributed by atoms with E-state index in [9.17, 15) is 4.79 Å². The van der Waals surface area contributed by atoms with Crippen molar-refractivity contribution >= 4 is 23.4 Å². The number of hydrogen-bond donors (Lipinski definition) is 1. The molecule has 0 aliphatic heterocycles. The van der Waals surface area contributed by atoms with Crippen LogP contribution < -0.4 is 5.32 Å². The number of aromatic nitrogens is 2. The van der Waals surface area contributed by atoms with Crippen molar-refractivity contribution in [1.82, 2.24) is 10.1 Å². The van der Waals surface area contributed by atoms with Crippen LogP contribution in [0, 0.1) is 0 Å². The summed E-state index contributed by atoms with van der Waals surface area (Å²) >= 11 is 6.18. The van der Waals surface area contributed by atoms with Gasteiger partial charge in [-0.3, -0.25) is 15.1 Å². The third kappa shape index (κ3) is 4.26. The van der Waals surface area contributed by atoms with Gasteiger partial charge in [-0.05, 0) is 41.3 Å². The number of aryl methyl sites for hydroxylation is 1. The molecular weight excluding hydrogens is 398 g/mol. The number of pyridine rings is 1.